The van der Waals surface area contributed by atoms with E-state index in [-0.39, 0.29) is 17.9 Å². The standard InChI is InChI=1S/C9H15N3O2/c13-8-3-1-2-6-12(8)11-9(14)7-4-5-10-7/h7,10H,1-6H2,(H,11,14)/t7-/m1/s1. The molecule has 0 unspecified atom stereocenters. The lowest BCUT2D eigenvalue weighted by Crippen LogP contribution is -2.58. The molecule has 0 spiro atoms. The highest BCUT2D eigenvalue weighted by Crippen LogP contribution is 2.09. The molecule has 2 N–H and O–H groups in total. The molecular weight excluding hydrogens is 182 g/mol. The fourth-order valence-electron chi connectivity index (χ4n) is 1.65. The van der Waals surface area contributed by atoms with Crippen LogP contribution in [0, 0.1) is 0 Å². The summed E-state index contributed by atoms with van der Waals surface area (Å²) in [5, 5.41) is 4.45. The zero-order valence-corrected chi connectivity index (χ0v) is 8.08. The Kier molecular flexibility index (Phi) is 2.67. The molecule has 2 rings (SSSR count). The Morgan fingerprint density at radius 1 is 1.50 bits per heavy atom. The molecule has 2 saturated heterocycles. The van der Waals surface area contributed by atoms with Gasteiger partial charge in [-0.2, -0.15) is 0 Å². The largest absolute Gasteiger partial charge is 0.306 e. The summed E-state index contributed by atoms with van der Waals surface area (Å²) in [5.41, 5.74) is 2.65. The molecule has 0 aromatic rings. The van der Waals surface area contributed by atoms with Gasteiger partial charge in [-0.3, -0.25) is 20.0 Å². The average molecular weight is 197 g/mol. The lowest BCUT2D eigenvalue weighted by atomic mass is 10.1. The Bertz CT molecular complexity index is 250. The number of nitrogens with zero attached hydrogens (tertiary/aromatic N) is 1. The fraction of sp³-hybridized carbons (Fsp3) is 0.778. The third-order valence-corrected chi connectivity index (χ3v) is 2.71. The molecule has 5 heteroatoms. The van der Waals surface area contributed by atoms with E-state index in [1.54, 1.807) is 0 Å². The van der Waals surface area contributed by atoms with Crippen LogP contribution in [0.2, 0.25) is 0 Å². The van der Waals surface area contributed by atoms with Gasteiger partial charge >= 0.3 is 0 Å². The molecular formula is C9H15N3O2. The van der Waals surface area contributed by atoms with Gasteiger partial charge < -0.3 is 5.32 Å². The second-order valence-corrected chi connectivity index (χ2v) is 3.77. The van der Waals surface area contributed by atoms with Crippen LogP contribution >= 0.6 is 0 Å². The maximum absolute atomic E-state index is 11.5. The molecule has 2 aliphatic rings. The summed E-state index contributed by atoms with van der Waals surface area (Å²) in [6.07, 6.45) is 3.34. The van der Waals surface area contributed by atoms with E-state index < -0.39 is 0 Å². The maximum Gasteiger partial charge on any atom is 0.255 e. The van der Waals surface area contributed by atoms with Crippen LogP contribution in [0.25, 0.3) is 0 Å². The molecule has 2 fully saturated rings. The van der Waals surface area contributed by atoms with Gasteiger partial charge in [0, 0.05) is 13.0 Å². The number of hydrazine groups is 1. The van der Waals surface area contributed by atoms with Gasteiger partial charge in [-0.05, 0) is 25.8 Å². The van der Waals surface area contributed by atoms with Crippen molar-refractivity contribution in [2.45, 2.75) is 31.7 Å². The van der Waals surface area contributed by atoms with Crippen molar-refractivity contribution in [3.8, 4) is 0 Å². The predicted molar refractivity (Wildman–Crippen MR) is 50.1 cm³/mol. The van der Waals surface area contributed by atoms with Gasteiger partial charge in [0.1, 0.15) is 0 Å². The van der Waals surface area contributed by atoms with Crippen molar-refractivity contribution in [3.05, 3.63) is 0 Å². The van der Waals surface area contributed by atoms with Crippen LogP contribution in [0.15, 0.2) is 0 Å². The van der Waals surface area contributed by atoms with Gasteiger partial charge in [0.05, 0.1) is 6.04 Å². The van der Waals surface area contributed by atoms with E-state index in [1.165, 1.54) is 5.01 Å². The molecule has 2 aliphatic heterocycles. The first-order chi connectivity index (χ1) is 6.77. The normalized spacial score (nSPS) is 27.0. The molecule has 2 amide bonds. The zero-order valence-electron chi connectivity index (χ0n) is 8.08. The first-order valence-corrected chi connectivity index (χ1v) is 5.11. The lowest BCUT2D eigenvalue weighted by molar-refractivity contribution is -0.144. The van der Waals surface area contributed by atoms with E-state index in [4.69, 9.17) is 0 Å². The third-order valence-electron chi connectivity index (χ3n) is 2.71. The molecule has 5 nitrogen and oxygen atoms in total. The zero-order chi connectivity index (χ0) is 9.97. The van der Waals surface area contributed by atoms with Crippen molar-refractivity contribution >= 4 is 11.8 Å². The Labute approximate surface area is 82.8 Å². The van der Waals surface area contributed by atoms with Crippen LogP contribution < -0.4 is 10.7 Å². The number of piperidine rings is 1. The summed E-state index contributed by atoms with van der Waals surface area (Å²) >= 11 is 0. The van der Waals surface area contributed by atoms with Crippen molar-refractivity contribution in [1.82, 2.24) is 15.8 Å². The van der Waals surface area contributed by atoms with Gasteiger partial charge in [0.15, 0.2) is 0 Å². The second kappa shape index (κ2) is 3.96. The summed E-state index contributed by atoms with van der Waals surface area (Å²) in [4.78, 5) is 22.8. The van der Waals surface area contributed by atoms with Gasteiger partial charge in [-0.15, -0.1) is 0 Å². The van der Waals surface area contributed by atoms with E-state index in [9.17, 15) is 9.59 Å². The van der Waals surface area contributed by atoms with Crippen molar-refractivity contribution in [2.24, 2.45) is 0 Å². The molecule has 0 saturated carbocycles. The summed E-state index contributed by atoms with van der Waals surface area (Å²) in [6, 6.07) is -0.0928. The maximum atomic E-state index is 11.5. The SMILES string of the molecule is O=C(NN1CCCCC1=O)[C@H]1CCN1. The molecule has 0 aromatic heterocycles. The summed E-state index contributed by atoms with van der Waals surface area (Å²) in [7, 11) is 0. The van der Waals surface area contributed by atoms with E-state index in [1.807, 2.05) is 0 Å². The Hall–Kier alpha value is -1.10. The van der Waals surface area contributed by atoms with Crippen molar-refractivity contribution in [3.63, 3.8) is 0 Å². The van der Waals surface area contributed by atoms with E-state index in [0.717, 1.165) is 25.8 Å². The van der Waals surface area contributed by atoms with Crippen molar-refractivity contribution in [1.29, 1.82) is 0 Å². The van der Waals surface area contributed by atoms with Crippen LogP contribution in [0.1, 0.15) is 25.7 Å². The molecule has 78 valence electrons. The topological polar surface area (TPSA) is 61.4 Å². The van der Waals surface area contributed by atoms with Gasteiger partial charge in [0.2, 0.25) is 5.91 Å². The molecule has 14 heavy (non-hydrogen) atoms. The highest BCUT2D eigenvalue weighted by Gasteiger charge is 2.27. The van der Waals surface area contributed by atoms with Crippen molar-refractivity contribution < 1.29 is 9.59 Å². The molecule has 0 aliphatic carbocycles. The summed E-state index contributed by atoms with van der Waals surface area (Å²) in [6.45, 7) is 1.54. The fourth-order valence-corrected chi connectivity index (χ4v) is 1.65. The van der Waals surface area contributed by atoms with Gasteiger partial charge in [-0.25, -0.2) is 0 Å². The molecule has 0 bridgehead atoms. The van der Waals surface area contributed by atoms with Crippen LogP contribution in [0.5, 0.6) is 0 Å². The number of hydrogen-bond acceptors (Lipinski definition) is 3. The van der Waals surface area contributed by atoms with Gasteiger partial charge in [0.25, 0.3) is 5.91 Å². The number of rotatable bonds is 2. The van der Waals surface area contributed by atoms with Gasteiger partial charge in [-0.1, -0.05) is 0 Å². The number of hydrogen-bond donors (Lipinski definition) is 2. The molecule has 0 radical (unpaired) electrons. The summed E-state index contributed by atoms with van der Waals surface area (Å²) in [5.74, 6) is -0.0459. The monoisotopic (exact) mass is 197 g/mol. The first-order valence-electron chi connectivity index (χ1n) is 5.11. The minimum atomic E-state index is -0.0928. The van der Waals surface area contributed by atoms with E-state index in [2.05, 4.69) is 10.7 Å². The van der Waals surface area contributed by atoms with E-state index >= 15 is 0 Å². The van der Waals surface area contributed by atoms with E-state index in [0.29, 0.717) is 13.0 Å². The van der Waals surface area contributed by atoms with Crippen molar-refractivity contribution in [2.75, 3.05) is 13.1 Å². The number of amides is 2. The lowest BCUT2D eigenvalue weighted by Gasteiger charge is -2.32. The number of nitrogens with one attached hydrogen (secondary N) is 2. The minimum Gasteiger partial charge on any atom is -0.306 e. The molecule has 0 aromatic carbocycles. The smallest absolute Gasteiger partial charge is 0.255 e. The Morgan fingerprint density at radius 2 is 2.29 bits per heavy atom. The molecule has 1 atom stereocenters. The Morgan fingerprint density at radius 3 is 2.86 bits per heavy atom. The predicted octanol–water partition coefficient (Wildman–Crippen LogP) is -0.608. The summed E-state index contributed by atoms with van der Waals surface area (Å²) < 4.78 is 0. The molecule has 2 heterocycles. The highest BCUT2D eigenvalue weighted by molar-refractivity contribution is 5.86. The first kappa shape index (κ1) is 9.45. The van der Waals surface area contributed by atoms with Crippen LogP contribution in [-0.2, 0) is 9.59 Å². The highest BCUT2D eigenvalue weighted by atomic mass is 16.2. The number of carbonyl (C=O) groups excluding carboxylic acids is 2. The van der Waals surface area contributed by atoms with Crippen LogP contribution in [0.4, 0.5) is 0 Å². The quantitative estimate of drug-likeness (QED) is 0.621. The number of carbonyl (C=O) groups is 2. The Balaban J connectivity index is 1.82. The average Bonchev–Trinajstić information content (AvgIpc) is 2.05. The minimum absolute atomic E-state index is 0.0314. The third kappa shape index (κ3) is 1.87. The second-order valence-electron chi connectivity index (χ2n) is 3.77. The van der Waals surface area contributed by atoms with Crippen LogP contribution in [0.3, 0.4) is 0 Å². The van der Waals surface area contributed by atoms with Crippen LogP contribution in [-0.4, -0.2) is 36.0 Å².